The van der Waals surface area contributed by atoms with E-state index in [2.05, 4.69) is 10.2 Å². The predicted octanol–water partition coefficient (Wildman–Crippen LogP) is 3.48. The summed E-state index contributed by atoms with van der Waals surface area (Å²) in [5.74, 6) is 2.68. The molecule has 5 rings (SSSR count). The van der Waals surface area contributed by atoms with Crippen molar-refractivity contribution in [1.29, 1.82) is 0 Å². The van der Waals surface area contributed by atoms with Crippen molar-refractivity contribution in [1.82, 2.24) is 10.2 Å². The van der Waals surface area contributed by atoms with Crippen LogP contribution < -0.4 is 5.32 Å². The molecule has 0 atom stereocenters. The zero-order valence-electron chi connectivity index (χ0n) is 13.5. The molecule has 1 N–H and O–H groups in total. The Hall–Kier alpha value is -0.640. The molecule has 0 aromatic rings. The highest BCUT2D eigenvalue weighted by molar-refractivity contribution is 7.80. The minimum Gasteiger partial charge on any atom is -0.349 e. The standard InChI is InChI=1S/C18H28N2OS/c21-16(19-17(22)20-5-3-1-2-4-6-20)18-10-13-7-14(11-18)9-15(8-13)12-18/h13-15H,1-12H2,(H,19,21,22). The Morgan fingerprint density at radius 2 is 1.41 bits per heavy atom. The largest absolute Gasteiger partial charge is 0.349 e. The van der Waals surface area contributed by atoms with Crippen molar-refractivity contribution >= 4 is 23.2 Å². The van der Waals surface area contributed by atoms with Crippen LogP contribution in [-0.2, 0) is 4.79 Å². The lowest BCUT2D eigenvalue weighted by Gasteiger charge is -2.55. The summed E-state index contributed by atoms with van der Waals surface area (Å²) in [4.78, 5) is 15.2. The van der Waals surface area contributed by atoms with Crippen molar-refractivity contribution < 1.29 is 4.79 Å². The molecule has 0 aromatic heterocycles. The summed E-state index contributed by atoms with van der Waals surface area (Å²) in [6, 6.07) is 0. The average molecular weight is 321 g/mol. The van der Waals surface area contributed by atoms with Gasteiger partial charge in [0.2, 0.25) is 5.91 Å². The second-order valence-corrected chi connectivity index (χ2v) is 8.75. The lowest BCUT2D eigenvalue weighted by atomic mass is 9.49. The molecule has 1 heterocycles. The number of hydrogen-bond acceptors (Lipinski definition) is 2. The molecular formula is C18H28N2OS. The minimum absolute atomic E-state index is 0.0787. The van der Waals surface area contributed by atoms with Gasteiger partial charge in [-0.25, -0.2) is 0 Å². The van der Waals surface area contributed by atoms with Crippen LogP contribution in [0.5, 0.6) is 0 Å². The molecule has 22 heavy (non-hydrogen) atoms. The topological polar surface area (TPSA) is 32.3 Å². The fourth-order valence-corrected chi connectivity index (χ4v) is 6.25. The monoisotopic (exact) mass is 320 g/mol. The maximum atomic E-state index is 13.0. The fraction of sp³-hybridized carbons (Fsp3) is 0.889. The summed E-state index contributed by atoms with van der Waals surface area (Å²) in [5.41, 5.74) is -0.0787. The van der Waals surface area contributed by atoms with E-state index in [9.17, 15) is 4.79 Å². The Bertz CT molecular complexity index is 432. The summed E-state index contributed by atoms with van der Waals surface area (Å²) >= 11 is 5.56. The molecule has 1 amide bonds. The van der Waals surface area contributed by atoms with Crippen LogP contribution in [0.1, 0.15) is 64.2 Å². The van der Waals surface area contributed by atoms with Crippen LogP contribution in [0.25, 0.3) is 0 Å². The van der Waals surface area contributed by atoms with E-state index in [0.717, 1.165) is 50.1 Å². The molecule has 1 saturated heterocycles. The van der Waals surface area contributed by atoms with Crippen molar-refractivity contribution in [2.24, 2.45) is 23.2 Å². The average Bonchev–Trinajstić information content (AvgIpc) is 2.74. The van der Waals surface area contributed by atoms with Crippen LogP contribution in [0.3, 0.4) is 0 Å². The van der Waals surface area contributed by atoms with E-state index in [1.807, 2.05) is 0 Å². The van der Waals surface area contributed by atoms with Crippen molar-refractivity contribution in [3.05, 3.63) is 0 Å². The summed E-state index contributed by atoms with van der Waals surface area (Å²) in [6.07, 6.45) is 12.5. The maximum Gasteiger partial charge on any atom is 0.232 e. The van der Waals surface area contributed by atoms with Gasteiger partial charge >= 0.3 is 0 Å². The Morgan fingerprint density at radius 1 is 0.909 bits per heavy atom. The highest BCUT2D eigenvalue weighted by Gasteiger charge is 2.54. The van der Waals surface area contributed by atoms with Crippen molar-refractivity contribution in [3.63, 3.8) is 0 Å². The van der Waals surface area contributed by atoms with Gasteiger partial charge in [-0.3, -0.25) is 4.79 Å². The Balaban J connectivity index is 1.42. The maximum absolute atomic E-state index is 13.0. The molecule has 3 nitrogen and oxygen atoms in total. The Labute approximate surface area is 139 Å². The van der Waals surface area contributed by atoms with Crippen molar-refractivity contribution in [3.8, 4) is 0 Å². The number of hydrogen-bond donors (Lipinski definition) is 1. The van der Waals surface area contributed by atoms with Gasteiger partial charge < -0.3 is 10.2 Å². The predicted molar refractivity (Wildman–Crippen MR) is 91.4 cm³/mol. The first-order chi connectivity index (χ1) is 10.6. The molecule has 5 aliphatic rings. The first-order valence-electron chi connectivity index (χ1n) is 9.25. The zero-order chi connectivity index (χ0) is 15.2. The van der Waals surface area contributed by atoms with Crippen LogP contribution in [-0.4, -0.2) is 29.0 Å². The quantitative estimate of drug-likeness (QED) is 0.751. The summed E-state index contributed by atoms with van der Waals surface area (Å²) in [6.45, 7) is 2.03. The molecule has 0 radical (unpaired) electrons. The lowest BCUT2D eigenvalue weighted by molar-refractivity contribution is -0.144. The normalized spacial score (nSPS) is 40.4. The van der Waals surface area contributed by atoms with Gasteiger partial charge in [0.1, 0.15) is 0 Å². The highest BCUT2D eigenvalue weighted by Crippen LogP contribution is 2.60. The van der Waals surface area contributed by atoms with Gasteiger partial charge in [0.05, 0.1) is 5.41 Å². The van der Waals surface area contributed by atoms with E-state index in [-0.39, 0.29) is 11.3 Å². The van der Waals surface area contributed by atoms with Crippen molar-refractivity contribution in [2.45, 2.75) is 64.2 Å². The van der Waals surface area contributed by atoms with Gasteiger partial charge in [0.15, 0.2) is 5.11 Å². The van der Waals surface area contributed by atoms with Crippen molar-refractivity contribution in [2.75, 3.05) is 13.1 Å². The molecule has 122 valence electrons. The molecule has 4 heteroatoms. The van der Waals surface area contributed by atoms with Gasteiger partial charge in [-0.1, -0.05) is 12.8 Å². The lowest BCUT2D eigenvalue weighted by Crippen LogP contribution is -2.56. The van der Waals surface area contributed by atoms with E-state index in [1.165, 1.54) is 44.9 Å². The van der Waals surface area contributed by atoms with E-state index < -0.39 is 0 Å². The van der Waals surface area contributed by atoms with Crippen LogP contribution >= 0.6 is 12.2 Å². The minimum atomic E-state index is -0.0787. The van der Waals surface area contributed by atoms with E-state index in [1.54, 1.807) is 0 Å². The molecule has 0 aromatic carbocycles. The molecule has 1 aliphatic heterocycles. The van der Waals surface area contributed by atoms with E-state index in [4.69, 9.17) is 12.2 Å². The van der Waals surface area contributed by atoms with Crippen LogP contribution in [0.4, 0.5) is 0 Å². The number of amides is 1. The molecule has 4 aliphatic carbocycles. The molecular weight excluding hydrogens is 292 g/mol. The van der Waals surface area contributed by atoms with Gasteiger partial charge in [0.25, 0.3) is 0 Å². The third-order valence-corrected chi connectivity index (χ3v) is 6.99. The number of nitrogens with zero attached hydrogens (tertiary/aromatic N) is 1. The smallest absolute Gasteiger partial charge is 0.232 e. The van der Waals surface area contributed by atoms with E-state index in [0.29, 0.717) is 5.11 Å². The molecule has 5 fully saturated rings. The number of nitrogens with one attached hydrogen (secondary N) is 1. The molecule has 0 unspecified atom stereocenters. The van der Waals surface area contributed by atoms with Gasteiger partial charge in [-0.2, -0.15) is 0 Å². The Kier molecular flexibility index (Phi) is 3.91. The fourth-order valence-electron chi connectivity index (χ4n) is 5.97. The van der Waals surface area contributed by atoms with Crippen LogP contribution in [0.15, 0.2) is 0 Å². The number of likely N-dealkylation sites (tertiary alicyclic amines) is 1. The first kappa shape index (κ1) is 14.9. The van der Waals surface area contributed by atoms with Gasteiger partial charge in [-0.15, -0.1) is 0 Å². The second kappa shape index (κ2) is 5.77. The first-order valence-corrected chi connectivity index (χ1v) is 9.66. The SMILES string of the molecule is O=C(NC(=S)N1CCCCCC1)C12CC3CC(CC(C3)C1)C2. The molecule has 4 saturated carbocycles. The van der Waals surface area contributed by atoms with Crippen LogP contribution in [0.2, 0.25) is 0 Å². The number of thiocarbonyl (C=S) groups is 1. The third kappa shape index (κ3) is 2.68. The molecule has 0 spiro atoms. The van der Waals surface area contributed by atoms with Crippen LogP contribution in [0, 0.1) is 23.2 Å². The van der Waals surface area contributed by atoms with E-state index >= 15 is 0 Å². The second-order valence-electron chi connectivity index (χ2n) is 8.36. The molecule has 4 bridgehead atoms. The summed E-state index contributed by atoms with van der Waals surface area (Å²) in [5, 5.41) is 3.85. The number of rotatable bonds is 1. The summed E-state index contributed by atoms with van der Waals surface area (Å²) in [7, 11) is 0. The van der Waals surface area contributed by atoms with Gasteiger partial charge in [0, 0.05) is 13.1 Å². The highest BCUT2D eigenvalue weighted by atomic mass is 32.1. The van der Waals surface area contributed by atoms with Gasteiger partial charge in [-0.05, 0) is 81.3 Å². The Morgan fingerprint density at radius 3 is 1.91 bits per heavy atom. The zero-order valence-corrected chi connectivity index (χ0v) is 14.3. The number of carbonyl (C=O) groups excluding carboxylic acids is 1. The third-order valence-electron chi connectivity index (χ3n) is 6.63. The summed E-state index contributed by atoms with van der Waals surface area (Å²) < 4.78 is 0. The number of carbonyl (C=O) groups is 1.